The first-order valence-corrected chi connectivity index (χ1v) is 9.80. The van der Waals surface area contributed by atoms with E-state index in [1.54, 1.807) is 29.6 Å². The summed E-state index contributed by atoms with van der Waals surface area (Å²) in [4.78, 5) is 30.6. The van der Waals surface area contributed by atoms with Gasteiger partial charge in [0, 0.05) is 31.4 Å². The van der Waals surface area contributed by atoms with Crippen LogP contribution in [-0.2, 0) is 20.1 Å². The average molecular weight is 441 g/mol. The van der Waals surface area contributed by atoms with E-state index in [-0.39, 0.29) is 6.54 Å². The summed E-state index contributed by atoms with van der Waals surface area (Å²) >= 11 is 17.9. The molecule has 28 heavy (non-hydrogen) atoms. The van der Waals surface area contributed by atoms with Crippen LogP contribution in [-0.4, -0.2) is 29.0 Å². The molecule has 0 atom stereocenters. The molecular weight excluding hydrogens is 425 g/mol. The number of aryl methyl sites for hydroxylation is 3. The van der Waals surface area contributed by atoms with Crippen LogP contribution < -0.4 is 11.2 Å². The molecule has 0 bridgehead atoms. The fraction of sp³-hybridized carbons (Fsp3) is 0.278. The molecule has 4 rings (SSSR count). The summed E-state index contributed by atoms with van der Waals surface area (Å²) in [5, 5.41) is 0.778. The second-order valence-corrected chi connectivity index (χ2v) is 7.74. The Morgan fingerprint density at radius 3 is 2.54 bits per heavy atom. The van der Waals surface area contributed by atoms with Crippen LogP contribution in [0.3, 0.4) is 0 Å². The number of rotatable bonds is 4. The zero-order chi connectivity index (χ0) is 20.2. The smallest absolute Gasteiger partial charge is 0.313 e. The van der Waals surface area contributed by atoms with Crippen molar-refractivity contribution in [1.29, 1.82) is 0 Å². The molecule has 0 fully saturated rings. The second kappa shape index (κ2) is 6.99. The number of imidazole rings is 2. The van der Waals surface area contributed by atoms with E-state index in [4.69, 9.17) is 34.8 Å². The summed E-state index contributed by atoms with van der Waals surface area (Å²) in [5.74, 6) is 0.988. The number of benzene rings is 1. The Kier molecular flexibility index (Phi) is 4.77. The third kappa shape index (κ3) is 2.85. The van der Waals surface area contributed by atoms with Gasteiger partial charge in [-0.1, -0.05) is 29.3 Å². The van der Waals surface area contributed by atoms with E-state index in [1.165, 1.54) is 9.13 Å². The molecule has 0 aliphatic carbocycles. The molecule has 0 radical (unpaired) electrons. The van der Waals surface area contributed by atoms with Gasteiger partial charge in [0.15, 0.2) is 11.2 Å². The predicted molar refractivity (Wildman–Crippen MR) is 111 cm³/mol. The summed E-state index contributed by atoms with van der Waals surface area (Å²) in [6, 6.07) is 5.02. The van der Waals surface area contributed by atoms with Gasteiger partial charge in [0.05, 0.1) is 16.6 Å². The Hall–Kier alpha value is -2.22. The maximum Gasteiger partial charge on any atom is 0.332 e. The minimum Gasteiger partial charge on any atom is -0.313 e. The minimum absolute atomic E-state index is 0.0763. The molecule has 1 aromatic carbocycles. The number of fused-ring (bicyclic) bond motifs is 3. The van der Waals surface area contributed by atoms with Crippen LogP contribution in [0.5, 0.6) is 0 Å². The first-order valence-electron chi connectivity index (χ1n) is 8.51. The topological polar surface area (TPSA) is 66.2 Å². The molecule has 10 heteroatoms. The summed E-state index contributed by atoms with van der Waals surface area (Å²) in [6.07, 6.45) is 1.83. The molecule has 3 aromatic heterocycles. The lowest BCUT2D eigenvalue weighted by Crippen LogP contribution is -2.39. The standard InChI is InChI=1S/C18H16Cl3N5O2/c1-10-8-25-14-15(22-17(25)24(10)6-5-19)23(2)18(28)26(16(14)27)9-11-3-4-12(20)13(21)7-11/h3-4,7-8H,5-6,9H2,1-2H3. The highest BCUT2D eigenvalue weighted by Crippen LogP contribution is 2.23. The number of hydrogen-bond acceptors (Lipinski definition) is 3. The van der Waals surface area contributed by atoms with Crippen LogP contribution in [0.2, 0.25) is 10.0 Å². The van der Waals surface area contributed by atoms with Gasteiger partial charge in [0.1, 0.15) is 0 Å². The normalized spacial score (nSPS) is 11.8. The van der Waals surface area contributed by atoms with Gasteiger partial charge in [-0.15, -0.1) is 11.6 Å². The van der Waals surface area contributed by atoms with Gasteiger partial charge < -0.3 is 4.57 Å². The monoisotopic (exact) mass is 439 g/mol. The first kappa shape index (κ1) is 19.1. The zero-order valence-electron chi connectivity index (χ0n) is 15.1. The molecule has 0 aliphatic rings. The van der Waals surface area contributed by atoms with Gasteiger partial charge in [-0.05, 0) is 24.6 Å². The van der Waals surface area contributed by atoms with Crippen LogP contribution in [0.4, 0.5) is 0 Å². The maximum absolute atomic E-state index is 13.2. The van der Waals surface area contributed by atoms with Gasteiger partial charge in [-0.25, -0.2) is 4.79 Å². The molecule has 146 valence electrons. The SMILES string of the molecule is Cc1cn2c3c(=O)n(Cc4ccc(Cl)c(Cl)c4)c(=O)n(C)c3nc2n1CCCl. The molecular formula is C18H16Cl3N5O2. The third-order valence-corrected chi connectivity index (χ3v) is 5.68. The molecule has 0 amide bonds. The lowest BCUT2D eigenvalue weighted by atomic mass is 10.2. The maximum atomic E-state index is 13.2. The molecule has 7 nitrogen and oxygen atoms in total. The van der Waals surface area contributed by atoms with Crippen molar-refractivity contribution in [3.05, 3.63) is 66.5 Å². The van der Waals surface area contributed by atoms with Crippen molar-refractivity contribution < 1.29 is 0 Å². The highest BCUT2D eigenvalue weighted by Gasteiger charge is 2.20. The number of alkyl halides is 1. The van der Waals surface area contributed by atoms with Crippen LogP contribution in [0.1, 0.15) is 11.3 Å². The Morgan fingerprint density at radius 2 is 1.86 bits per heavy atom. The highest BCUT2D eigenvalue weighted by atomic mass is 35.5. The third-order valence-electron chi connectivity index (χ3n) is 4.77. The molecule has 0 saturated carbocycles. The van der Waals surface area contributed by atoms with Crippen molar-refractivity contribution in [2.24, 2.45) is 7.05 Å². The van der Waals surface area contributed by atoms with Crippen LogP contribution in [0, 0.1) is 6.92 Å². The van der Waals surface area contributed by atoms with E-state index >= 15 is 0 Å². The van der Waals surface area contributed by atoms with E-state index in [2.05, 4.69) is 4.98 Å². The average Bonchev–Trinajstić information content (AvgIpc) is 3.16. The lowest BCUT2D eigenvalue weighted by Gasteiger charge is -2.09. The van der Waals surface area contributed by atoms with Gasteiger partial charge >= 0.3 is 5.69 Å². The first-order chi connectivity index (χ1) is 13.3. The molecule has 0 saturated heterocycles. The summed E-state index contributed by atoms with van der Waals surface area (Å²) in [7, 11) is 1.60. The largest absolute Gasteiger partial charge is 0.332 e. The Balaban J connectivity index is 1.98. The fourth-order valence-corrected chi connectivity index (χ4v) is 3.87. The predicted octanol–water partition coefficient (Wildman–Crippen LogP) is 3.05. The van der Waals surface area contributed by atoms with Crippen molar-refractivity contribution in [2.45, 2.75) is 20.0 Å². The van der Waals surface area contributed by atoms with Crippen molar-refractivity contribution >= 4 is 51.7 Å². The summed E-state index contributed by atoms with van der Waals surface area (Å²) < 4.78 is 6.18. The lowest BCUT2D eigenvalue weighted by molar-refractivity contribution is 0.656. The zero-order valence-corrected chi connectivity index (χ0v) is 17.4. The van der Waals surface area contributed by atoms with E-state index in [1.807, 2.05) is 17.7 Å². The van der Waals surface area contributed by atoms with Crippen molar-refractivity contribution in [3.63, 3.8) is 0 Å². The number of aromatic nitrogens is 5. The molecule has 3 heterocycles. The van der Waals surface area contributed by atoms with E-state index in [0.29, 0.717) is 45.0 Å². The van der Waals surface area contributed by atoms with Gasteiger partial charge in [0.2, 0.25) is 5.78 Å². The minimum atomic E-state index is -0.454. The molecule has 4 aromatic rings. The van der Waals surface area contributed by atoms with Gasteiger partial charge in [-0.3, -0.25) is 18.3 Å². The van der Waals surface area contributed by atoms with Gasteiger partial charge in [0.25, 0.3) is 5.56 Å². The summed E-state index contributed by atoms with van der Waals surface area (Å²) in [5.41, 5.74) is 1.43. The van der Waals surface area contributed by atoms with Crippen molar-refractivity contribution in [2.75, 3.05) is 5.88 Å². The quantitative estimate of drug-likeness (QED) is 0.458. The van der Waals surface area contributed by atoms with Crippen molar-refractivity contribution in [3.8, 4) is 0 Å². The Labute approximate surface area is 174 Å². The van der Waals surface area contributed by atoms with E-state index in [0.717, 1.165) is 5.69 Å². The molecule has 0 aliphatic heterocycles. The molecule has 0 N–H and O–H groups in total. The van der Waals surface area contributed by atoms with E-state index in [9.17, 15) is 9.59 Å². The molecule has 0 unspecified atom stereocenters. The highest BCUT2D eigenvalue weighted by molar-refractivity contribution is 6.42. The van der Waals surface area contributed by atoms with Crippen LogP contribution >= 0.6 is 34.8 Å². The van der Waals surface area contributed by atoms with Crippen LogP contribution in [0.25, 0.3) is 16.9 Å². The van der Waals surface area contributed by atoms with Gasteiger partial charge in [-0.2, -0.15) is 4.98 Å². The van der Waals surface area contributed by atoms with Crippen LogP contribution in [0.15, 0.2) is 34.0 Å². The molecule has 0 spiro atoms. The fourth-order valence-electron chi connectivity index (χ4n) is 3.38. The second-order valence-electron chi connectivity index (χ2n) is 6.55. The Morgan fingerprint density at radius 1 is 1.11 bits per heavy atom. The summed E-state index contributed by atoms with van der Waals surface area (Å²) in [6.45, 7) is 2.55. The van der Waals surface area contributed by atoms with E-state index < -0.39 is 11.2 Å². The number of hydrogen-bond donors (Lipinski definition) is 0. The van der Waals surface area contributed by atoms with Crippen molar-refractivity contribution in [1.82, 2.24) is 23.1 Å². The Bertz CT molecular complexity index is 1350. The number of halogens is 3. The number of nitrogens with zero attached hydrogens (tertiary/aromatic N) is 5.